The van der Waals surface area contributed by atoms with Crippen molar-refractivity contribution in [1.29, 1.82) is 0 Å². The SMILES string of the molecule is NCC1(CNC(=O)c2ccc3c(c2)CCC3)CCCCC1. The van der Waals surface area contributed by atoms with Crippen molar-refractivity contribution in [1.82, 2.24) is 5.32 Å². The maximum atomic E-state index is 12.4. The highest BCUT2D eigenvalue weighted by molar-refractivity contribution is 5.94. The lowest BCUT2D eigenvalue weighted by Crippen LogP contribution is -2.43. The van der Waals surface area contributed by atoms with Crippen molar-refractivity contribution in [2.75, 3.05) is 13.1 Å². The second-order valence-corrected chi connectivity index (χ2v) is 6.78. The summed E-state index contributed by atoms with van der Waals surface area (Å²) in [6.45, 7) is 1.40. The molecule has 3 nitrogen and oxygen atoms in total. The number of aryl methyl sites for hydroxylation is 2. The van der Waals surface area contributed by atoms with E-state index >= 15 is 0 Å². The van der Waals surface area contributed by atoms with Crippen LogP contribution in [0.1, 0.15) is 60.0 Å². The Hall–Kier alpha value is -1.35. The molecule has 3 heteroatoms. The zero-order valence-electron chi connectivity index (χ0n) is 12.8. The summed E-state index contributed by atoms with van der Waals surface area (Å²) in [6, 6.07) is 6.17. The van der Waals surface area contributed by atoms with Crippen LogP contribution >= 0.6 is 0 Å². The van der Waals surface area contributed by atoms with Crippen LogP contribution in [-0.2, 0) is 12.8 Å². The fraction of sp³-hybridized carbons (Fsp3) is 0.611. The third-order valence-electron chi connectivity index (χ3n) is 5.33. The second-order valence-electron chi connectivity index (χ2n) is 6.78. The molecule has 0 saturated heterocycles. The summed E-state index contributed by atoms with van der Waals surface area (Å²) >= 11 is 0. The number of nitrogens with one attached hydrogen (secondary N) is 1. The minimum Gasteiger partial charge on any atom is -0.351 e. The van der Waals surface area contributed by atoms with Gasteiger partial charge in [0, 0.05) is 12.1 Å². The van der Waals surface area contributed by atoms with E-state index in [0.717, 1.165) is 37.8 Å². The third-order valence-corrected chi connectivity index (χ3v) is 5.33. The molecule has 1 aromatic carbocycles. The van der Waals surface area contributed by atoms with Gasteiger partial charge < -0.3 is 11.1 Å². The summed E-state index contributed by atoms with van der Waals surface area (Å²) < 4.78 is 0. The average Bonchev–Trinajstić information content (AvgIpc) is 3.01. The number of amides is 1. The van der Waals surface area contributed by atoms with Crippen molar-refractivity contribution in [2.45, 2.75) is 51.4 Å². The number of carbonyl (C=O) groups excluding carboxylic acids is 1. The van der Waals surface area contributed by atoms with Gasteiger partial charge in [-0.25, -0.2) is 0 Å². The lowest BCUT2D eigenvalue weighted by Gasteiger charge is -2.36. The van der Waals surface area contributed by atoms with Gasteiger partial charge in [-0.05, 0) is 67.3 Å². The fourth-order valence-electron chi connectivity index (χ4n) is 3.84. The molecule has 1 fully saturated rings. The summed E-state index contributed by atoms with van der Waals surface area (Å²) in [5.41, 5.74) is 9.69. The van der Waals surface area contributed by atoms with Crippen LogP contribution in [-0.4, -0.2) is 19.0 Å². The molecule has 0 aromatic heterocycles. The van der Waals surface area contributed by atoms with Crippen LogP contribution in [0.25, 0.3) is 0 Å². The van der Waals surface area contributed by atoms with E-state index in [1.54, 1.807) is 0 Å². The lowest BCUT2D eigenvalue weighted by molar-refractivity contribution is 0.0914. The quantitative estimate of drug-likeness (QED) is 0.894. The largest absolute Gasteiger partial charge is 0.351 e. The lowest BCUT2D eigenvalue weighted by atomic mass is 9.74. The van der Waals surface area contributed by atoms with E-state index < -0.39 is 0 Å². The molecule has 3 N–H and O–H groups in total. The molecule has 0 radical (unpaired) electrons. The molecule has 0 spiro atoms. The molecule has 2 aliphatic rings. The molecule has 21 heavy (non-hydrogen) atoms. The Labute approximate surface area is 127 Å². The van der Waals surface area contributed by atoms with Crippen molar-refractivity contribution in [3.63, 3.8) is 0 Å². The molecule has 3 rings (SSSR count). The highest BCUT2D eigenvalue weighted by Gasteiger charge is 2.31. The third kappa shape index (κ3) is 3.13. The molecule has 1 amide bonds. The first-order valence-corrected chi connectivity index (χ1v) is 8.33. The van der Waals surface area contributed by atoms with E-state index in [-0.39, 0.29) is 11.3 Å². The Morgan fingerprint density at radius 3 is 2.62 bits per heavy atom. The van der Waals surface area contributed by atoms with Crippen molar-refractivity contribution in [3.8, 4) is 0 Å². The fourth-order valence-corrected chi connectivity index (χ4v) is 3.84. The smallest absolute Gasteiger partial charge is 0.251 e. The predicted molar refractivity (Wildman–Crippen MR) is 85.4 cm³/mol. The number of rotatable bonds is 4. The Balaban J connectivity index is 1.63. The Kier molecular flexibility index (Phi) is 4.29. The number of nitrogens with two attached hydrogens (primary N) is 1. The monoisotopic (exact) mass is 286 g/mol. The Bertz CT molecular complexity index is 518. The summed E-state index contributed by atoms with van der Waals surface area (Å²) in [6.07, 6.45) is 9.58. The van der Waals surface area contributed by atoms with E-state index in [9.17, 15) is 4.79 Å². The molecule has 0 bridgehead atoms. The van der Waals surface area contributed by atoms with Gasteiger partial charge in [-0.3, -0.25) is 4.79 Å². The molecule has 1 saturated carbocycles. The van der Waals surface area contributed by atoms with Gasteiger partial charge in [0.05, 0.1) is 0 Å². The average molecular weight is 286 g/mol. The minimum absolute atomic E-state index is 0.0584. The van der Waals surface area contributed by atoms with Gasteiger partial charge in [0.2, 0.25) is 0 Å². The highest BCUT2D eigenvalue weighted by Crippen LogP contribution is 2.34. The first kappa shape index (κ1) is 14.6. The molecule has 0 heterocycles. The van der Waals surface area contributed by atoms with Crippen molar-refractivity contribution >= 4 is 5.91 Å². The van der Waals surface area contributed by atoms with Gasteiger partial charge in [-0.2, -0.15) is 0 Å². The molecule has 114 valence electrons. The molecular formula is C18H26N2O. The number of hydrogen-bond donors (Lipinski definition) is 2. The molecule has 2 aliphatic carbocycles. The maximum Gasteiger partial charge on any atom is 0.251 e. The number of hydrogen-bond acceptors (Lipinski definition) is 2. The summed E-state index contributed by atoms with van der Waals surface area (Å²) in [5, 5.41) is 3.13. The van der Waals surface area contributed by atoms with Gasteiger partial charge in [-0.1, -0.05) is 25.3 Å². The van der Waals surface area contributed by atoms with Crippen molar-refractivity contribution < 1.29 is 4.79 Å². The van der Waals surface area contributed by atoms with E-state index in [4.69, 9.17) is 5.73 Å². The van der Waals surface area contributed by atoms with Gasteiger partial charge in [0.15, 0.2) is 0 Å². The van der Waals surface area contributed by atoms with Crippen molar-refractivity contribution in [2.24, 2.45) is 11.1 Å². The van der Waals surface area contributed by atoms with Crippen molar-refractivity contribution in [3.05, 3.63) is 34.9 Å². The number of carbonyl (C=O) groups is 1. The van der Waals surface area contributed by atoms with Crippen LogP contribution in [0.5, 0.6) is 0 Å². The summed E-state index contributed by atoms with van der Waals surface area (Å²) in [4.78, 5) is 12.4. The van der Waals surface area contributed by atoms with Crippen LogP contribution < -0.4 is 11.1 Å². The van der Waals surface area contributed by atoms with E-state index in [1.807, 2.05) is 6.07 Å². The molecular weight excluding hydrogens is 260 g/mol. The number of fused-ring (bicyclic) bond motifs is 1. The van der Waals surface area contributed by atoms with Gasteiger partial charge >= 0.3 is 0 Å². The van der Waals surface area contributed by atoms with Crippen LogP contribution in [0.3, 0.4) is 0 Å². The molecule has 0 unspecified atom stereocenters. The zero-order chi connectivity index (χ0) is 14.7. The molecule has 1 aromatic rings. The topological polar surface area (TPSA) is 55.1 Å². The molecule has 0 aliphatic heterocycles. The first-order chi connectivity index (χ1) is 10.2. The van der Waals surface area contributed by atoms with Crippen LogP contribution in [0.2, 0.25) is 0 Å². The summed E-state index contributed by atoms with van der Waals surface area (Å²) in [7, 11) is 0. The molecule has 0 atom stereocenters. The zero-order valence-corrected chi connectivity index (χ0v) is 12.8. The second kappa shape index (κ2) is 6.18. The predicted octanol–water partition coefficient (Wildman–Crippen LogP) is 2.81. The maximum absolute atomic E-state index is 12.4. The van der Waals surface area contributed by atoms with Gasteiger partial charge in [0.25, 0.3) is 5.91 Å². The number of benzene rings is 1. The minimum atomic E-state index is 0.0584. The standard InChI is InChI=1S/C18H26N2O/c19-12-18(9-2-1-3-10-18)13-20-17(21)16-8-7-14-5-4-6-15(14)11-16/h7-8,11H,1-6,9-10,12-13,19H2,(H,20,21). The van der Waals surface area contributed by atoms with Crippen LogP contribution in [0.15, 0.2) is 18.2 Å². The van der Waals surface area contributed by atoms with Gasteiger partial charge in [0.1, 0.15) is 0 Å². The van der Waals surface area contributed by atoms with Crippen LogP contribution in [0.4, 0.5) is 0 Å². The van der Waals surface area contributed by atoms with Crippen LogP contribution in [0, 0.1) is 5.41 Å². The Morgan fingerprint density at radius 2 is 1.86 bits per heavy atom. The van der Waals surface area contributed by atoms with E-state index in [0.29, 0.717) is 6.54 Å². The summed E-state index contributed by atoms with van der Waals surface area (Å²) in [5.74, 6) is 0.0584. The van der Waals surface area contributed by atoms with E-state index in [2.05, 4.69) is 17.4 Å². The highest BCUT2D eigenvalue weighted by atomic mass is 16.1. The van der Waals surface area contributed by atoms with Gasteiger partial charge in [-0.15, -0.1) is 0 Å². The van der Waals surface area contributed by atoms with E-state index in [1.165, 1.54) is 36.8 Å². The first-order valence-electron chi connectivity index (χ1n) is 8.33. The normalized spacial score (nSPS) is 20.0. The Morgan fingerprint density at radius 1 is 1.10 bits per heavy atom.